The molecule has 1 aliphatic heterocycles. The number of hydrogen-bond acceptors (Lipinski definition) is 5. The van der Waals surface area contributed by atoms with E-state index in [2.05, 4.69) is 4.98 Å². The van der Waals surface area contributed by atoms with Crippen LogP contribution in [0.4, 0.5) is 5.82 Å². The van der Waals surface area contributed by atoms with Gasteiger partial charge in [0.2, 0.25) is 0 Å². The summed E-state index contributed by atoms with van der Waals surface area (Å²) in [5, 5.41) is 9.24. The molecule has 0 unspecified atom stereocenters. The van der Waals surface area contributed by atoms with Crippen LogP contribution in [0.1, 0.15) is 36.8 Å². The van der Waals surface area contributed by atoms with Crippen molar-refractivity contribution in [1.82, 2.24) is 4.98 Å². The van der Waals surface area contributed by atoms with Crippen molar-refractivity contribution in [3.8, 4) is 0 Å². The average molecular weight is 312 g/mol. The van der Waals surface area contributed by atoms with Crippen LogP contribution in [0.2, 0.25) is 0 Å². The Morgan fingerprint density at radius 1 is 1.24 bits per heavy atom. The largest absolute Gasteiger partial charge is 0.478 e. The zero-order valence-electron chi connectivity index (χ0n) is 12.5. The zero-order valence-corrected chi connectivity index (χ0v) is 13.3. The molecule has 1 fully saturated rings. The maximum absolute atomic E-state index is 11.5. The summed E-state index contributed by atoms with van der Waals surface area (Å²) in [6, 6.07) is 3.09. The maximum atomic E-state index is 11.5. The highest BCUT2D eigenvalue weighted by atomic mass is 32.2. The van der Waals surface area contributed by atoms with Crippen molar-refractivity contribution in [2.75, 3.05) is 29.5 Å². The Balaban J connectivity index is 2.39. The minimum atomic E-state index is -2.97. The third-order valence-corrected chi connectivity index (χ3v) is 5.10. The molecule has 0 saturated carbocycles. The minimum Gasteiger partial charge on any atom is -0.478 e. The number of nitrogens with zero attached hydrogens (tertiary/aromatic N) is 2. The first-order chi connectivity index (χ1) is 9.58. The van der Waals surface area contributed by atoms with Crippen LogP contribution in [0.3, 0.4) is 0 Å². The highest BCUT2D eigenvalue weighted by Crippen LogP contribution is 2.25. The van der Waals surface area contributed by atoms with Gasteiger partial charge in [-0.25, -0.2) is 18.2 Å². The predicted molar refractivity (Wildman–Crippen MR) is 80.8 cm³/mol. The van der Waals surface area contributed by atoms with Crippen molar-refractivity contribution >= 4 is 21.6 Å². The van der Waals surface area contributed by atoms with Gasteiger partial charge in [0.05, 0.1) is 17.1 Å². The molecule has 1 saturated heterocycles. The normalized spacial score (nSPS) is 18.5. The second kappa shape index (κ2) is 5.29. The summed E-state index contributed by atoms with van der Waals surface area (Å²) >= 11 is 0. The van der Waals surface area contributed by atoms with Crippen molar-refractivity contribution in [3.63, 3.8) is 0 Å². The number of carboxylic acid groups (broad SMARTS) is 1. The molecule has 0 aromatic carbocycles. The van der Waals surface area contributed by atoms with E-state index < -0.39 is 15.8 Å². The summed E-state index contributed by atoms with van der Waals surface area (Å²) in [6.45, 7) is 6.59. The fraction of sp³-hybridized carbons (Fsp3) is 0.571. The van der Waals surface area contributed by atoms with Crippen LogP contribution < -0.4 is 4.90 Å². The fourth-order valence-electron chi connectivity index (χ4n) is 2.13. The number of anilines is 1. The smallest absolute Gasteiger partial charge is 0.335 e. The Morgan fingerprint density at radius 3 is 2.29 bits per heavy atom. The van der Waals surface area contributed by atoms with Gasteiger partial charge in [0, 0.05) is 24.2 Å². The molecule has 0 bridgehead atoms. The van der Waals surface area contributed by atoms with Crippen LogP contribution in [0, 0.1) is 0 Å². The number of carbonyl (C=O) groups is 1. The quantitative estimate of drug-likeness (QED) is 0.886. The van der Waals surface area contributed by atoms with Gasteiger partial charge in [-0.1, -0.05) is 20.8 Å². The summed E-state index contributed by atoms with van der Waals surface area (Å²) in [7, 11) is -2.97. The van der Waals surface area contributed by atoms with E-state index in [1.165, 1.54) is 6.07 Å². The second-order valence-electron chi connectivity index (χ2n) is 6.29. The first-order valence-electron chi connectivity index (χ1n) is 6.80. The number of pyridine rings is 1. The van der Waals surface area contributed by atoms with E-state index >= 15 is 0 Å². The summed E-state index contributed by atoms with van der Waals surface area (Å²) in [5.74, 6) is -0.309. The third-order valence-electron chi connectivity index (χ3n) is 3.50. The van der Waals surface area contributed by atoms with Crippen molar-refractivity contribution < 1.29 is 18.3 Å². The topological polar surface area (TPSA) is 87.6 Å². The van der Waals surface area contributed by atoms with Gasteiger partial charge in [-0.15, -0.1) is 0 Å². The lowest BCUT2D eigenvalue weighted by Crippen LogP contribution is -2.41. The fourth-order valence-corrected chi connectivity index (χ4v) is 3.33. The zero-order chi connectivity index (χ0) is 15.8. The Labute approximate surface area is 124 Å². The molecule has 7 heteroatoms. The van der Waals surface area contributed by atoms with Crippen molar-refractivity contribution in [2.24, 2.45) is 0 Å². The number of hydrogen-bond donors (Lipinski definition) is 1. The Hall–Kier alpha value is -1.63. The number of carboxylic acids is 1. The molecule has 116 valence electrons. The molecular formula is C14H20N2O4S. The Kier molecular flexibility index (Phi) is 3.97. The van der Waals surface area contributed by atoms with Gasteiger partial charge < -0.3 is 10.0 Å². The number of aromatic carboxylic acids is 1. The molecule has 1 N–H and O–H groups in total. The molecule has 0 aliphatic carbocycles. The third kappa shape index (κ3) is 3.72. The first-order valence-corrected chi connectivity index (χ1v) is 8.62. The van der Waals surface area contributed by atoms with Crippen LogP contribution in [0.5, 0.6) is 0 Å². The highest BCUT2D eigenvalue weighted by Gasteiger charge is 2.25. The van der Waals surface area contributed by atoms with E-state index in [-0.39, 0.29) is 22.5 Å². The molecule has 0 amide bonds. The molecule has 21 heavy (non-hydrogen) atoms. The lowest BCUT2D eigenvalue weighted by atomic mass is 9.90. The molecule has 1 aromatic rings. The molecule has 2 heterocycles. The van der Waals surface area contributed by atoms with Gasteiger partial charge in [0.25, 0.3) is 0 Å². The highest BCUT2D eigenvalue weighted by molar-refractivity contribution is 7.91. The van der Waals surface area contributed by atoms with Gasteiger partial charge >= 0.3 is 5.97 Å². The molecule has 2 rings (SSSR count). The summed E-state index contributed by atoms with van der Waals surface area (Å²) in [5.41, 5.74) is 0.589. The molecule has 1 aliphatic rings. The summed E-state index contributed by atoms with van der Waals surface area (Å²) < 4.78 is 23.0. The average Bonchev–Trinajstić information content (AvgIpc) is 2.37. The number of aromatic nitrogens is 1. The maximum Gasteiger partial charge on any atom is 0.335 e. The molecule has 0 radical (unpaired) electrons. The predicted octanol–water partition coefficient (Wildman–Crippen LogP) is 1.31. The molecule has 0 atom stereocenters. The molecule has 0 spiro atoms. The number of rotatable bonds is 2. The molecule has 6 nitrogen and oxygen atoms in total. The molecule has 1 aromatic heterocycles. The van der Waals surface area contributed by atoms with E-state index in [9.17, 15) is 18.3 Å². The number of sulfone groups is 1. The standard InChI is InChI=1S/C14H20N2O4S/c1-14(2,3)11-8-10(13(17)18)9-12(15-11)16-4-6-21(19,20)7-5-16/h8-9H,4-7H2,1-3H3,(H,17,18). The summed E-state index contributed by atoms with van der Waals surface area (Å²) in [4.78, 5) is 17.6. The second-order valence-corrected chi connectivity index (χ2v) is 8.60. The van der Waals surface area contributed by atoms with Crippen molar-refractivity contribution in [3.05, 3.63) is 23.4 Å². The SMILES string of the molecule is CC(C)(C)c1cc(C(=O)O)cc(N2CCS(=O)(=O)CC2)n1. The van der Waals surface area contributed by atoms with E-state index in [4.69, 9.17) is 0 Å². The lowest BCUT2D eigenvalue weighted by Gasteiger charge is -2.29. The van der Waals surface area contributed by atoms with Gasteiger partial charge in [-0.2, -0.15) is 0 Å². The van der Waals surface area contributed by atoms with Crippen LogP contribution in [-0.4, -0.2) is 49.1 Å². The van der Waals surface area contributed by atoms with Crippen LogP contribution in [0.15, 0.2) is 12.1 Å². The van der Waals surface area contributed by atoms with Crippen molar-refractivity contribution in [1.29, 1.82) is 0 Å². The monoisotopic (exact) mass is 312 g/mol. The van der Waals surface area contributed by atoms with E-state index in [0.717, 1.165) is 0 Å². The summed E-state index contributed by atoms with van der Waals surface area (Å²) in [6.07, 6.45) is 0. The van der Waals surface area contributed by atoms with Gasteiger partial charge in [-0.3, -0.25) is 0 Å². The lowest BCUT2D eigenvalue weighted by molar-refractivity contribution is 0.0696. The first kappa shape index (κ1) is 15.8. The van der Waals surface area contributed by atoms with E-state index in [1.807, 2.05) is 25.7 Å². The van der Waals surface area contributed by atoms with E-state index in [1.54, 1.807) is 6.07 Å². The van der Waals surface area contributed by atoms with Gasteiger partial charge in [0.15, 0.2) is 9.84 Å². The van der Waals surface area contributed by atoms with Crippen molar-refractivity contribution in [2.45, 2.75) is 26.2 Å². The Bertz CT molecular complexity index is 648. The van der Waals surface area contributed by atoms with Crippen LogP contribution in [-0.2, 0) is 15.3 Å². The van der Waals surface area contributed by atoms with Gasteiger partial charge in [-0.05, 0) is 12.1 Å². The van der Waals surface area contributed by atoms with Crippen LogP contribution in [0.25, 0.3) is 0 Å². The minimum absolute atomic E-state index is 0.0802. The Morgan fingerprint density at radius 2 is 1.81 bits per heavy atom. The van der Waals surface area contributed by atoms with E-state index in [0.29, 0.717) is 24.6 Å². The van der Waals surface area contributed by atoms with Gasteiger partial charge in [0.1, 0.15) is 5.82 Å². The molecular weight excluding hydrogens is 292 g/mol. The van der Waals surface area contributed by atoms with Crippen LogP contribution >= 0.6 is 0 Å².